The van der Waals surface area contributed by atoms with Crippen molar-refractivity contribution in [3.05, 3.63) is 30.3 Å². The third kappa shape index (κ3) is 10.1. The van der Waals surface area contributed by atoms with Crippen LogP contribution in [0.25, 0.3) is 0 Å². The Kier molecular flexibility index (Phi) is 12.9. The number of halogens is 3. The van der Waals surface area contributed by atoms with Crippen LogP contribution in [0.5, 0.6) is 0 Å². The number of amides is 5. The van der Waals surface area contributed by atoms with Gasteiger partial charge in [-0.2, -0.15) is 13.2 Å². The summed E-state index contributed by atoms with van der Waals surface area (Å²) in [6.07, 6.45) is 1.27. The van der Waals surface area contributed by atoms with Crippen LogP contribution in [0.2, 0.25) is 0 Å². The third-order valence-corrected chi connectivity index (χ3v) is 13.0. The van der Waals surface area contributed by atoms with E-state index in [-0.39, 0.29) is 36.1 Å². The molecule has 0 spiro atoms. The summed E-state index contributed by atoms with van der Waals surface area (Å²) in [4.78, 5) is 69.3. The van der Waals surface area contributed by atoms with Gasteiger partial charge in [0.15, 0.2) is 9.84 Å². The molecule has 1 aromatic rings. The first-order valence-corrected chi connectivity index (χ1v) is 20.0. The molecule has 0 radical (unpaired) electrons. The van der Waals surface area contributed by atoms with E-state index in [1.54, 1.807) is 39.0 Å². The summed E-state index contributed by atoms with van der Waals surface area (Å²) >= 11 is 0. The van der Waals surface area contributed by atoms with Crippen LogP contribution in [0.3, 0.4) is 0 Å². The minimum Gasteiger partial charge on any atom is -0.348 e. The number of carbonyl (C=O) groups is 5. The van der Waals surface area contributed by atoms with Crippen molar-refractivity contribution in [2.75, 3.05) is 18.8 Å². The van der Waals surface area contributed by atoms with E-state index in [0.717, 1.165) is 6.42 Å². The first-order valence-electron chi connectivity index (χ1n) is 18.3. The molecule has 298 valence electrons. The lowest BCUT2D eigenvalue weighted by atomic mass is 9.83. The Hall–Kier alpha value is -4.13. The highest BCUT2D eigenvalue weighted by molar-refractivity contribution is 7.91. The zero-order valence-corrected chi connectivity index (χ0v) is 32.3. The number of fused-ring (bicyclic) bond motifs is 1. The maximum Gasteiger partial charge on any atom is 0.389 e. The molecule has 0 bridgehead atoms. The second kappa shape index (κ2) is 16.3. The molecule has 5 amide bonds. The number of terminal acetylenes is 1. The summed E-state index contributed by atoms with van der Waals surface area (Å²) in [5.41, 5.74) is -2.44. The summed E-state index contributed by atoms with van der Waals surface area (Å²) in [5.74, 6) is -2.62. The van der Waals surface area contributed by atoms with Gasteiger partial charge in [-0.1, -0.05) is 72.1 Å². The van der Waals surface area contributed by atoms with Crippen molar-refractivity contribution in [2.24, 2.45) is 22.7 Å². The van der Waals surface area contributed by atoms with E-state index < -0.39 is 98.8 Å². The van der Waals surface area contributed by atoms with Crippen LogP contribution in [0.4, 0.5) is 18.0 Å². The predicted molar refractivity (Wildman–Crippen MR) is 194 cm³/mol. The fraction of sp³-hybridized carbons (Fsp3) is 0.658. The Morgan fingerprint density at radius 1 is 1.00 bits per heavy atom. The number of hydrogen-bond acceptors (Lipinski definition) is 7. The number of rotatable bonds is 14. The number of alkyl halides is 3. The molecule has 1 heterocycles. The van der Waals surface area contributed by atoms with Crippen LogP contribution < -0.4 is 21.3 Å². The quantitative estimate of drug-likeness (QED) is 0.126. The number of carbonyl (C=O) groups excluding carboxylic acids is 5. The first-order chi connectivity index (χ1) is 25.0. The van der Waals surface area contributed by atoms with Crippen molar-refractivity contribution in [3.63, 3.8) is 0 Å². The molecule has 2 unspecified atom stereocenters. The lowest BCUT2D eigenvalue weighted by Gasteiger charge is -2.40. The van der Waals surface area contributed by atoms with Gasteiger partial charge in [0, 0.05) is 25.9 Å². The number of nitrogens with one attached hydrogen (secondary N) is 4. The van der Waals surface area contributed by atoms with Gasteiger partial charge in [0.05, 0.1) is 22.2 Å². The molecule has 1 saturated heterocycles. The Balaban J connectivity index is 1.56. The van der Waals surface area contributed by atoms with E-state index in [4.69, 9.17) is 6.42 Å². The number of ketones is 1. The number of urea groups is 1. The molecule has 2 saturated carbocycles. The van der Waals surface area contributed by atoms with Crippen LogP contribution in [-0.2, 0) is 29.0 Å². The van der Waals surface area contributed by atoms with Gasteiger partial charge >= 0.3 is 12.2 Å². The van der Waals surface area contributed by atoms with E-state index in [2.05, 4.69) is 27.2 Å². The van der Waals surface area contributed by atoms with Gasteiger partial charge in [-0.3, -0.25) is 19.2 Å². The first kappa shape index (κ1) is 42.6. The van der Waals surface area contributed by atoms with Crippen molar-refractivity contribution >= 4 is 39.4 Å². The van der Waals surface area contributed by atoms with E-state index in [9.17, 15) is 45.6 Å². The molecule has 5 atom stereocenters. The number of Topliss-reactive ketones (excluding diaryl/α,β-unsaturated/α-hetero) is 1. The molecule has 16 heteroatoms. The molecule has 3 fully saturated rings. The third-order valence-electron chi connectivity index (χ3n) is 11.0. The number of hydrogen-bond donors (Lipinski definition) is 4. The van der Waals surface area contributed by atoms with E-state index in [1.165, 1.54) is 17.0 Å². The van der Waals surface area contributed by atoms with Gasteiger partial charge in [0.2, 0.25) is 17.6 Å². The number of nitrogens with zero attached hydrogens (tertiary/aromatic N) is 1. The van der Waals surface area contributed by atoms with Gasteiger partial charge < -0.3 is 26.2 Å². The van der Waals surface area contributed by atoms with Crippen LogP contribution in [0.15, 0.2) is 35.2 Å². The van der Waals surface area contributed by atoms with Gasteiger partial charge in [-0.25, -0.2) is 13.2 Å². The van der Waals surface area contributed by atoms with Crippen molar-refractivity contribution in [1.82, 2.24) is 26.2 Å². The van der Waals surface area contributed by atoms with Crippen LogP contribution in [0.1, 0.15) is 86.0 Å². The average molecular weight is 780 g/mol. The number of piperidine rings is 1. The number of benzene rings is 1. The molecular formula is C38H52F3N5O7S. The van der Waals surface area contributed by atoms with Crippen molar-refractivity contribution in [3.8, 4) is 12.3 Å². The smallest absolute Gasteiger partial charge is 0.348 e. The second-order valence-electron chi connectivity index (χ2n) is 16.5. The normalized spacial score (nSPS) is 22.8. The summed E-state index contributed by atoms with van der Waals surface area (Å²) in [7, 11) is -3.80. The van der Waals surface area contributed by atoms with Crippen molar-refractivity contribution in [1.29, 1.82) is 0 Å². The Morgan fingerprint density at radius 3 is 2.20 bits per heavy atom. The maximum atomic E-state index is 14.4. The summed E-state index contributed by atoms with van der Waals surface area (Å²) in [5, 5.41) is 10.3. The molecule has 1 aromatic carbocycles. The Morgan fingerprint density at radius 2 is 1.63 bits per heavy atom. The minimum absolute atomic E-state index is 0.0741. The van der Waals surface area contributed by atoms with Gasteiger partial charge in [-0.05, 0) is 54.1 Å². The molecule has 4 rings (SSSR count). The fourth-order valence-electron chi connectivity index (χ4n) is 7.97. The van der Waals surface area contributed by atoms with Crippen molar-refractivity contribution in [2.45, 2.75) is 121 Å². The molecule has 4 N–H and O–H groups in total. The zero-order chi connectivity index (χ0) is 40.3. The van der Waals surface area contributed by atoms with Gasteiger partial charge in [-0.15, -0.1) is 12.3 Å². The summed E-state index contributed by atoms with van der Waals surface area (Å²) < 4.78 is 66.7. The topological polar surface area (TPSA) is 171 Å². The molecule has 12 nitrogen and oxygen atoms in total. The number of sulfone groups is 1. The van der Waals surface area contributed by atoms with Crippen molar-refractivity contribution < 1.29 is 45.6 Å². The van der Waals surface area contributed by atoms with Gasteiger partial charge in [0.25, 0.3) is 5.91 Å². The summed E-state index contributed by atoms with van der Waals surface area (Å²) in [6, 6.07) is 2.93. The predicted octanol–water partition coefficient (Wildman–Crippen LogP) is 3.90. The monoisotopic (exact) mass is 779 g/mol. The van der Waals surface area contributed by atoms with Crippen LogP contribution >= 0.6 is 0 Å². The highest BCUT2D eigenvalue weighted by Gasteiger charge is 2.70. The zero-order valence-electron chi connectivity index (χ0n) is 31.5. The standard InChI is InChI=1S/C38H52F3N5O7S/c1-7-8-21-42-32(49)29(47)26(17-20-38(39,40)41)43-31(48)28-27-25(36(27,5)6)22-46(28)33(50)30(35(2,3)4)44-34(51)45-37(18-13-10-14-19-37)23-54(52,53)24-15-11-9-12-16-24/h1,9,11-12,15-16,25-28,30H,8,10,13-14,17-23H2,2-6H3,(H,42,49)(H,43,48)(H2,44,45,51)/t25?,26?,27-,28-,30+/m0/s1. The molecule has 1 aliphatic heterocycles. The summed E-state index contributed by atoms with van der Waals surface area (Å²) in [6.45, 7) is 8.96. The van der Waals surface area contributed by atoms with Gasteiger partial charge in [0.1, 0.15) is 12.1 Å². The Labute approximate surface area is 315 Å². The lowest BCUT2D eigenvalue weighted by molar-refractivity contribution is -0.148. The highest BCUT2D eigenvalue weighted by atomic mass is 32.2. The van der Waals surface area contributed by atoms with E-state index in [1.807, 2.05) is 13.8 Å². The highest BCUT2D eigenvalue weighted by Crippen LogP contribution is 2.65. The SMILES string of the molecule is C#CCCNC(=O)C(=O)C(CCC(F)(F)F)NC(=O)[C@@H]1[C@@H]2C(CN1C(=O)[C@@H](NC(=O)NC1(CS(=O)(=O)c3ccccc3)CCCCC1)C(C)(C)C)C2(C)C. The molecular weight excluding hydrogens is 728 g/mol. The Bertz CT molecular complexity index is 1730. The van der Waals surface area contributed by atoms with Crippen LogP contribution in [0, 0.1) is 35.0 Å². The maximum absolute atomic E-state index is 14.4. The number of likely N-dealkylation sites (tertiary alicyclic amines) is 1. The van der Waals surface area contributed by atoms with E-state index >= 15 is 0 Å². The molecule has 3 aliphatic rings. The van der Waals surface area contributed by atoms with E-state index in [0.29, 0.717) is 25.7 Å². The van der Waals surface area contributed by atoms with Crippen LogP contribution in [-0.4, -0.2) is 91.5 Å². The second-order valence-corrected chi connectivity index (χ2v) is 18.5. The minimum atomic E-state index is -4.68. The average Bonchev–Trinajstić information content (AvgIpc) is 3.38. The molecule has 54 heavy (non-hydrogen) atoms. The molecule has 2 aliphatic carbocycles. The lowest BCUT2D eigenvalue weighted by Crippen LogP contribution is -2.63. The molecule has 0 aromatic heterocycles. The largest absolute Gasteiger partial charge is 0.389 e. The fourth-order valence-corrected chi connectivity index (χ4v) is 9.80.